The van der Waals surface area contributed by atoms with Gasteiger partial charge in [-0.2, -0.15) is 5.10 Å². The van der Waals surface area contributed by atoms with E-state index in [-0.39, 0.29) is 5.56 Å². The first kappa shape index (κ1) is 13.9. The third kappa shape index (κ3) is 2.46. The van der Waals surface area contributed by atoms with Crippen LogP contribution in [0.4, 0.5) is 13.2 Å². The molecule has 1 aromatic carbocycles. The molecule has 0 amide bonds. The molecule has 0 fully saturated rings. The number of nitrogens with one attached hydrogen (secondary N) is 1. The maximum atomic E-state index is 13.3. The molecule has 7 heteroatoms. The molecule has 1 atom stereocenters. The monoisotopic (exact) mass is 289 g/mol. The summed E-state index contributed by atoms with van der Waals surface area (Å²) >= 11 is 5.99. The number of hydrogen-bond donors (Lipinski definition) is 1. The van der Waals surface area contributed by atoms with Gasteiger partial charge in [0.15, 0.2) is 17.5 Å². The Hall–Kier alpha value is -1.53. The van der Waals surface area contributed by atoms with Crippen LogP contribution in [0.5, 0.6) is 0 Å². The largest absolute Gasteiger partial charge is 0.308 e. The van der Waals surface area contributed by atoms with Crippen LogP contribution in [-0.2, 0) is 7.05 Å². The maximum absolute atomic E-state index is 13.3. The highest BCUT2D eigenvalue weighted by molar-refractivity contribution is 6.31. The Kier molecular flexibility index (Phi) is 3.82. The maximum Gasteiger partial charge on any atom is 0.194 e. The van der Waals surface area contributed by atoms with Crippen LogP contribution in [0.2, 0.25) is 5.02 Å². The van der Waals surface area contributed by atoms with Gasteiger partial charge in [0, 0.05) is 7.05 Å². The third-order valence-electron chi connectivity index (χ3n) is 2.84. The van der Waals surface area contributed by atoms with Crippen LogP contribution in [0, 0.1) is 17.5 Å². The first-order chi connectivity index (χ1) is 8.95. The average molecular weight is 290 g/mol. The molecule has 2 rings (SSSR count). The van der Waals surface area contributed by atoms with E-state index in [4.69, 9.17) is 11.6 Å². The van der Waals surface area contributed by atoms with Crippen LogP contribution in [0.3, 0.4) is 0 Å². The summed E-state index contributed by atoms with van der Waals surface area (Å²) in [5.74, 6) is -3.98. The predicted octanol–water partition coefficient (Wildman–Crippen LogP) is 2.80. The van der Waals surface area contributed by atoms with Crippen molar-refractivity contribution in [2.24, 2.45) is 7.05 Å². The Morgan fingerprint density at radius 1 is 1.26 bits per heavy atom. The van der Waals surface area contributed by atoms with Gasteiger partial charge in [0.2, 0.25) is 0 Å². The lowest BCUT2D eigenvalue weighted by molar-refractivity contribution is 0.442. The molecule has 0 spiro atoms. The molecule has 1 aromatic heterocycles. The zero-order valence-electron chi connectivity index (χ0n) is 10.2. The molecular weight excluding hydrogens is 279 g/mol. The van der Waals surface area contributed by atoms with Gasteiger partial charge < -0.3 is 5.32 Å². The summed E-state index contributed by atoms with van der Waals surface area (Å²) in [7, 11) is 3.26. The number of benzene rings is 1. The summed E-state index contributed by atoms with van der Waals surface area (Å²) in [5, 5.41) is 7.19. The Morgan fingerprint density at radius 2 is 1.84 bits per heavy atom. The topological polar surface area (TPSA) is 29.9 Å². The minimum atomic E-state index is -1.49. The zero-order chi connectivity index (χ0) is 14.2. The van der Waals surface area contributed by atoms with Crippen LogP contribution < -0.4 is 5.32 Å². The van der Waals surface area contributed by atoms with Crippen molar-refractivity contribution in [3.05, 3.63) is 52.1 Å². The van der Waals surface area contributed by atoms with Crippen LogP contribution >= 0.6 is 11.6 Å². The van der Waals surface area contributed by atoms with Gasteiger partial charge in [0.1, 0.15) is 0 Å². The molecule has 0 saturated carbocycles. The van der Waals surface area contributed by atoms with Crippen LogP contribution in [0.25, 0.3) is 0 Å². The smallest absolute Gasteiger partial charge is 0.194 e. The molecule has 102 valence electrons. The highest BCUT2D eigenvalue weighted by atomic mass is 35.5. The van der Waals surface area contributed by atoms with E-state index >= 15 is 0 Å². The number of hydrogen-bond acceptors (Lipinski definition) is 2. The Morgan fingerprint density at radius 3 is 2.26 bits per heavy atom. The second kappa shape index (κ2) is 5.22. The highest BCUT2D eigenvalue weighted by Crippen LogP contribution is 2.29. The number of nitrogens with zero attached hydrogens (tertiary/aromatic N) is 2. The van der Waals surface area contributed by atoms with Gasteiger partial charge >= 0.3 is 0 Å². The molecular formula is C12H11ClF3N3. The van der Waals surface area contributed by atoms with Crippen molar-refractivity contribution in [2.45, 2.75) is 6.04 Å². The van der Waals surface area contributed by atoms with Gasteiger partial charge in [-0.05, 0) is 24.7 Å². The Bertz CT molecular complexity index is 570. The van der Waals surface area contributed by atoms with Gasteiger partial charge in [-0.3, -0.25) is 4.68 Å². The fourth-order valence-corrected chi connectivity index (χ4v) is 2.22. The molecule has 0 radical (unpaired) electrons. The van der Waals surface area contributed by atoms with Crippen molar-refractivity contribution in [2.75, 3.05) is 7.05 Å². The molecule has 0 saturated heterocycles. The van der Waals surface area contributed by atoms with Gasteiger partial charge in [0.25, 0.3) is 0 Å². The van der Waals surface area contributed by atoms with Crippen molar-refractivity contribution in [3.63, 3.8) is 0 Å². The fourth-order valence-electron chi connectivity index (χ4n) is 1.95. The van der Waals surface area contributed by atoms with E-state index in [9.17, 15) is 13.2 Å². The standard InChI is InChI=1S/C12H11ClF3N3/c1-17-11(12-7(13)5-18-19(12)2)6-3-8(14)10(16)9(15)4-6/h3-5,11,17H,1-2H3. The number of aryl methyl sites for hydroxylation is 1. The second-order valence-corrected chi connectivity index (χ2v) is 4.43. The SMILES string of the molecule is CNC(c1cc(F)c(F)c(F)c1)c1c(Cl)cnn1C. The molecule has 0 aliphatic carbocycles. The van der Waals surface area contributed by atoms with E-state index in [0.717, 1.165) is 12.1 Å². The molecule has 0 bridgehead atoms. The molecule has 1 N–H and O–H groups in total. The van der Waals surface area contributed by atoms with Crippen molar-refractivity contribution in [1.82, 2.24) is 15.1 Å². The number of halogens is 4. The molecule has 2 aromatic rings. The summed E-state index contributed by atoms with van der Waals surface area (Å²) in [6, 6.07) is 1.27. The molecule has 19 heavy (non-hydrogen) atoms. The van der Waals surface area contributed by atoms with Crippen LogP contribution in [0.1, 0.15) is 17.3 Å². The molecule has 1 heterocycles. The first-order valence-corrected chi connectivity index (χ1v) is 5.82. The molecule has 1 unspecified atom stereocenters. The second-order valence-electron chi connectivity index (χ2n) is 4.02. The zero-order valence-corrected chi connectivity index (χ0v) is 11.0. The molecule has 0 aliphatic heterocycles. The lowest BCUT2D eigenvalue weighted by Gasteiger charge is -2.18. The Labute approximate surface area is 113 Å². The van der Waals surface area contributed by atoms with Gasteiger partial charge in [0.05, 0.1) is 23.0 Å². The number of rotatable bonds is 3. The van der Waals surface area contributed by atoms with Crippen molar-refractivity contribution >= 4 is 11.6 Å². The average Bonchev–Trinajstić information content (AvgIpc) is 2.69. The van der Waals surface area contributed by atoms with E-state index in [1.54, 1.807) is 14.1 Å². The Balaban J connectivity index is 2.55. The van der Waals surface area contributed by atoms with Crippen LogP contribution in [0.15, 0.2) is 18.3 Å². The van der Waals surface area contributed by atoms with Crippen LogP contribution in [-0.4, -0.2) is 16.8 Å². The van der Waals surface area contributed by atoms with Crippen molar-refractivity contribution < 1.29 is 13.2 Å². The third-order valence-corrected chi connectivity index (χ3v) is 3.13. The van der Waals surface area contributed by atoms with E-state index in [1.807, 2.05) is 0 Å². The minimum Gasteiger partial charge on any atom is -0.308 e. The predicted molar refractivity (Wildman–Crippen MR) is 65.4 cm³/mol. The van der Waals surface area contributed by atoms with E-state index in [0.29, 0.717) is 10.7 Å². The lowest BCUT2D eigenvalue weighted by atomic mass is 10.0. The van der Waals surface area contributed by atoms with E-state index < -0.39 is 23.5 Å². The fraction of sp³-hybridized carbons (Fsp3) is 0.250. The lowest BCUT2D eigenvalue weighted by Crippen LogP contribution is -2.21. The number of aromatic nitrogens is 2. The quantitative estimate of drug-likeness (QED) is 0.881. The summed E-state index contributed by atoms with van der Waals surface area (Å²) in [4.78, 5) is 0. The van der Waals surface area contributed by atoms with Gasteiger partial charge in [-0.1, -0.05) is 11.6 Å². The first-order valence-electron chi connectivity index (χ1n) is 5.44. The van der Waals surface area contributed by atoms with Gasteiger partial charge in [-0.25, -0.2) is 13.2 Å². The summed E-state index contributed by atoms with van der Waals surface area (Å²) in [6.45, 7) is 0. The van der Waals surface area contributed by atoms with Crippen molar-refractivity contribution in [3.8, 4) is 0 Å². The van der Waals surface area contributed by atoms with Gasteiger partial charge in [-0.15, -0.1) is 0 Å². The summed E-state index contributed by atoms with van der Waals surface area (Å²) in [6.07, 6.45) is 1.43. The van der Waals surface area contributed by atoms with E-state index in [1.165, 1.54) is 10.9 Å². The summed E-state index contributed by atoms with van der Waals surface area (Å²) < 4.78 is 41.0. The van der Waals surface area contributed by atoms with E-state index in [2.05, 4.69) is 10.4 Å². The normalized spacial score (nSPS) is 12.7. The molecule has 0 aliphatic rings. The highest BCUT2D eigenvalue weighted by Gasteiger charge is 2.22. The summed E-state index contributed by atoms with van der Waals surface area (Å²) in [5.41, 5.74) is 0.763. The molecule has 3 nitrogen and oxygen atoms in total. The minimum absolute atomic E-state index is 0.226. The van der Waals surface area contributed by atoms with Crippen molar-refractivity contribution in [1.29, 1.82) is 0 Å².